The van der Waals surface area contributed by atoms with Gasteiger partial charge in [-0.3, -0.25) is 0 Å². The second kappa shape index (κ2) is 6.65. The summed E-state index contributed by atoms with van der Waals surface area (Å²) in [7, 11) is 1.51. The van der Waals surface area contributed by atoms with E-state index in [9.17, 15) is 5.11 Å². The summed E-state index contributed by atoms with van der Waals surface area (Å²) < 4.78 is 6.53. The van der Waals surface area contributed by atoms with Crippen molar-refractivity contribution >= 4 is 49.1 Å². The molecule has 0 spiro atoms. The molecule has 0 aliphatic heterocycles. The Labute approximate surface area is 138 Å². The minimum atomic E-state index is 0.0819. The number of benzene rings is 1. The molecule has 0 aliphatic carbocycles. The summed E-state index contributed by atoms with van der Waals surface area (Å²) in [4.78, 5) is 4.04. The van der Waals surface area contributed by atoms with Crippen LogP contribution >= 0.6 is 43.5 Å². The number of phenols is 1. The van der Waals surface area contributed by atoms with Crippen molar-refractivity contribution < 1.29 is 9.84 Å². The number of nitrogens with zero attached hydrogens (tertiary/aromatic N) is 1. The maximum Gasteiger partial charge on any atom is 0.172 e. The number of methoxy groups -OCH3 is 1. The highest BCUT2D eigenvalue weighted by Crippen LogP contribution is 2.35. The summed E-state index contributed by atoms with van der Waals surface area (Å²) in [6, 6.07) is 5.42. The fourth-order valence-electron chi connectivity index (χ4n) is 1.63. The Bertz CT molecular complexity index is 638. The lowest BCUT2D eigenvalue weighted by Gasteiger charge is -2.11. The van der Waals surface area contributed by atoms with E-state index in [2.05, 4.69) is 42.2 Å². The predicted molar refractivity (Wildman–Crippen MR) is 86.6 cm³/mol. The van der Waals surface area contributed by atoms with Gasteiger partial charge in [-0.2, -0.15) is 0 Å². The first-order chi connectivity index (χ1) is 9.51. The number of aromatic nitrogens is 1. The van der Waals surface area contributed by atoms with Crippen molar-refractivity contribution in [2.24, 2.45) is 0 Å². The summed E-state index contributed by atoms with van der Waals surface area (Å²) in [5.74, 6) is 0.494. The van der Waals surface area contributed by atoms with Crippen molar-refractivity contribution in [1.82, 2.24) is 4.98 Å². The molecule has 0 unspecified atom stereocenters. The van der Waals surface area contributed by atoms with Gasteiger partial charge in [0.15, 0.2) is 16.7 Å². The SMILES string of the molecule is COc1cc(CNc2cc(Br)cnc2Cl)cc(Br)c1O. The van der Waals surface area contributed by atoms with Gasteiger partial charge in [-0.25, -0.2) is 4.98 Å². The summed E-state index contributed by atoms with van der Waals surface area (Å²) in [6.07, 6.45) is 1.63. The van der Waals surface area contributed by atoms with Crippen LogP contribution in [0.15, 0.2) is 33.3 Å². The first-order valence-corrected chi connectivity index (χ1v) is 7.58. The molecule has 4 nitrogen and oxygen atoms in total. The van der Waals surface area contributed by atoms with E-state index in [1.807, 2.05) is 12.1 Å². The van der Waals surface area contributed by atoms with E-state index in [-0.39, 0.29) is 5.75 Å². The first-order valence-electron chi connectivity index (χ1n) is 5.61. The van der Waals surface area contributed by atoms with Crippen molar-refractivity contribution in [2.75, 3.05) is 12.4 Å². The molecule has 0 saturated carbocycles. The first kappa shape index (κ1) is 15.4. The topological polar surface area (TPSA) is 54.4 Å². The Hall–Kier alpha value is -0.980. The molecular weight excluding hydrogens is 411 g/mol. The van der Waals surface area contributed by atoms with Crippen molar-refractivity contribution in [1.29, 1.82) is 0 Å². The molecule has 0 amide bonds. The third kappa shape index (κ3) is 3.56. The molecule has 0 atom stereocenters. The second-order valence-corrected chi connectivity index (χ2v) is 6.10. The zero-order valence-corrected chi connectivity index (χ0v) is 14.4. The van der Waals surface area contributed by atoms with Gasteiger partial charge >= 0.3 is 0 Å². The molecule has 7 heteroatoms. The number of pyridine rings is 1. The maximum absolute atomic E-state index is 9.76. The molecule has 2 aromatic rings. The van der Waals surface area contributed by atoms with E-state index in [1.54, 1.807) is 12.3 Å². The van der Waals surface area contributed by atoms with Gasteiger partial charge in [0.25, 0.3) is 0 Å². The van der Waals surface area contributed by atoms with Gasteiger partial charge in [0.05, 0.1) is 17.3 Å². The zero-order chi connectivity index (χ0) is 14.7. The second-order valence-electron chi connectivity index (χ2n) is 3.97. The Morgan fingerprint density at radius 2 is 2.10 bits per heavy atom. The lowest BCUT2D eigenvalue weighted by molar-refractivity contribution is 0.371. The van der Waals surface area contributed by atoms with Gasteiger partial charge in [0, 0.05) is 17.2 Å². The molecule has 0 aliphatic rings. The van der Waals surface area contributed by atoms with Crippen molar-refractivity contribution in [3.05, 3.63) is 44.1 Å². The molecule has 2 rings (SSSR count). The fourth-order valence-corrected chi connectivity index (χ4v) is 2.62. The summed E-state index contributed by atoms with van der Waals surface area (Å²) in [6.45, 7) is 0.521. The molecule has 0 saturated heterocycles. The van der Waals surface area contributed by atoms with Crippen molar-refractivity contribution in [3.8, 4) is 11.5 Å². The smallest absolute Gasteiger partial charge is 0.172 e. The van der Waals surface area contributed by atoms with Gasteiger partial charge in [0.1, 0.15) is 0 Å². The summed E-state index contributed by atoms with van der Waals surface area (Å²) >= 11 is 12.6. The third-order valence-corrected chi connectivity index (χ3v) is 3.94. The van der Waals surface area contributed by atoms with Crippen LogP contribution in [0, 0.1) is 0 Å². The van der Waals surface area contributed by atoms with Crippen LogP contribution in [-0.4, -0.2) is 17.2 Å². The highest BCUT2D eigenvalue weighted by molar-refractivity contribution is 9.10. The number of hydrogen-bond acceptors (Lipinski definition) is 4. The number of rotatable bonds is 4. The maximum atomic E-state index is 9.76. The average Bonchev–Trinajstić information content (AvgIpc) is 2.43. The molecule has 1 aromatic heterocycles. The molecule has 1 aromatic carbocycles. The van der Waals surface area contributed by atoms with Crippen LogP contribution in [0.2, 0.25) is 5.15 Å². The van der Waals surface area contributed by atoms with Crippen molar-refractivity contribution in [3.63, 3.8) is 0 Å². The Kier molecular flexibility index (Phi) is 5.12. The molecule has 20 heavy (non-hydrogen) atoms. The van der Waals surface area contributed by atoms with E-state index in [4.69, 9.17) is 16.3 Å². The number of phenolic OH excluding ortho intramolecular Hbond substituents is 1. The van der Waals surface area contributed by atoms with Crippen LogP contribution < -0.4 is 10.1 Å². The third-order valence-electron chi connectivity index (χ3n) is 2.60. The van der Waals surface area contributed by atoms with E-state index in [0.29, 0.717) is 21.9 Å². The average molecular weight is 423 g/mol. The van der Waals surface area contributed by atoms with Gasteiger partial charge in [-0.05, 0) is 55.6 Å². The number of nitrogens with one attached hydrogen (secondary N) is 1. The standard InChI is InChI=1S/C13H11Br2ClN2O2/c1-20-11-3-7(2-9(15)12(11)19)5-17-10-4-8(14)6-18-13(10)16/h2-4,6,17,19H,5H2,1H3. The van der Waals surface area contributed by atoms with Crippen LogP contribution in [0.3, 0.4) is 0 Å². The van der Waals surface area contributed by atoms with Crippen LogP contribution in [0.4, 0.5) is 5.69 Å². The molecular formula is C13H11Br2ClN2O2. The van der Waals surface area contributed by atoms with Crippen molar-refractivity contribution in [2.45, 2.75) is 6.54 Å². The number of hydrogen-bond donors (Lipinski definition) is 2. The van der Waals surface area contributed by atoms with Gasteiger partial charge in [-0.1, -0.05) is 11.6 Å². The highest BCUT2D eigenvalue weighted by atomic mass is 79.9. The van der Waals surface area contributed by atoms with E-state index in [1.165, 1.54) is 7.11 Å². The fraction of sp³-hybridized carbons (Fsp3) is 0.154. The molecule has 0 fully saturated rings. The van der Waals surface area contributed by atoms with E-state index < -0.39 is 0 Å². The monoisotopic (exact) mass is 420 g/mol. The molecule has 0 bridgehead atoms. The minimum absolute atomic E-state index is 0.0819. The van der Waals surface area contributed by atoms with Crippen LogP contribution in [-0.2, 0) is 6.54 Å². The Morgan fingerprint density at radius 3 is 2.80 bits per heavy atom. The predicted octanol–water partition coefficient (Wildman–Crippen LogP) is 4.59. The van der Waals surface area contributed by atoms with E-state index >= 15 is 0 Å². The van der Waals surface area contributed by atoms with Gasteiger partial charge in [0.2, 0.25) is 0 Å². The Morgan fingerprint density at radius 1 is 1.35 bits per heavy atom. The molecule has 2 N–H and O–H groups in total. The van der Waals surface area contributed by atoms with Crippen LogP contribution in [0.1, 0.15) is 5.56 Å². The van der Waals surface area contributed by atoms with Crippen LogP contribution in [0.25, 0.3) is 0 Å². The number of anilines is 1. The van der Waals surface area contributed by atoms with Gasteiger partial charge < -0.3 is 15.2 Å². The quantitative estimate of drug-likeness (QED) is 0.708. The summed E-state index contributed by atoms with van der Waals surface area (Å²) in [5, 5.41) is 13.3. The Balaban J connectivity index is 2.19. The summed E-state index contributed by atoms with van der Waals surface area (Å²) in [5.41, 5.74) is 1.66. The normalized spacial score (nSPS) is 10.4. The lowest BCUT2D eigenvalue weighted by atomic mass is 10.2. The zero-order valence-electron chi connectivity index (χ0n) is 10.5. The largest absolute Gasteiger partial charge is 0.503 e. The highest BCUT2D eigenvalue weighted by Gasteiger charge is 2.09. The minimum Gasteiger partial charge on any atom is -0.503 e. The van der Waals surface area contributed by atoms with E-state index in [0.717, 1.165) is 15.7 Å². The molecule has 106 valence electrons. The van der Waals surface area contributed by atoms with Gasteiger partial charge in [-0.15, -0.1) is 0 Å². The van der Waals surface area contributed by atoms with Crippen LogP contribution in [0.5, 0.6) is 11.5 Å². The molecule has 0 radical (unpaired) electrons. The number of aromatic hydroxyl groups is 1. The number of ether oxygens (including phenoxy) is 1. The molecule has 1 heterocycles. The lowest BCUT2D eigenvalue weighted by Crippen LogP contribution is -2.01. The number of halogens is 3.